The number of thioether (sulfide) groups is 1. The van der Waals surface area contributed by atoms with E-state index in [9.17, 15) is 0 Å². The molecular weight excluding hydrogens is 208 g/mol. The zero-order valence-electron chi connectivity index (χ0n) is 9.32. The van der Waals surface area contributed by atoms with Gasteiger partial charge in [0.25, 0.3) is 0 Å². The van der Waals surface area contributed by atoms with Crippen LogP contribution >= 0.6 is 11.8 Å². The molecule has 1 aliphatic rings. The van der Waals surface area contributed by atoms with Crippen LogP contribution in [0.4, 0.5) is 0 Å². The van der Waals surface area contributed by atoms with Gasteiger partial charge in [0.15, 0.2) is 5.89 Å². The summed E-state index contributed by atoms with van der Waals surface area (Å²) in [5.41, 5.74) is 0. The Morgan fingerprint density at radius 3 is 3.27 bits per heavy atom. The Morgan fingerprint density at radius 1 is 1.73 bits per heavy atom. The fraction of sp³-hybridized carbons (Fsp3) is 0.727. The molecule has 0 saturated carbocycles. The van der Waals surface area contributed by atoms with E-state index in [1.165, 1.54) is 17.9 Å². The van der Waals surface area contributed by atoms with Crippen molar-refractivity contribution in [1.29, 1.82) is 0 Å². The molecule has 2 rings (SSSR count). The predicted molar refractivity (Wildman–Crippen MR) is 63.4 cm³/mol. The van der Waals surface area contributed by atoms with Crippen molar-refractivity contribution >= 4 is 11.8 Å². The van der Waals surface area contributed by atoms with Crippen LogP contribution in [0, 0.1) is 0 Å². The maximum atomic E-state index is 5.78. The third kappa shape index (κ3) is 2.75. The van der Waals surface area contributed by atoms with Crippen molar-refractivity contribution in [3.8, 4) is 0 Å². The summed E-state index contributed by atoms with van der Waals surface area (Å²) < 4.78 is 5.78. The Morgan fingerprint density at radius 2 is 2.60 bits per heavy atom. The zero-order valence-corrected chi connectivity index (χ0v) is 10.1. The van der Waals surface area contributed by atoms with Crippen molar-refractivity contribution in [3.05, 3.63) is 17.8 Å². The van der Waals surface area contributed by atoms with Crippen LogP contribution in [-0.4, -0.2) is 29.6 Å². The fourth-order valence-electron chi connectivity index (χ4n) is 1.74. The summed E-state index contributed by atoms with van der Waals surface area (Å²) in [5, 5.41) is 3.20. The van der Waals surface area contributed by atoms with Crippen LogP contribution in [0.2, 0.25) is 0 Å². The summed E-state index contributed by atoms with van der Waals surface area (Å²) in [5.74, 6) is 4.91. The van der Waals surface area contributed by atoms with Crippen LogP contribution in [0.3, 0.4) is 0 Å². The molecular formula is C11H18N2OS. The maximum Gasteiger partial charge on any atom is 0.198 e. The number of aromatic nitrogens is 1. The van der Waals surface area contributed by atoms with Gasteiger partial charge in [-0.05, 0) is 26.1 Å². The van der Waals surface area contributed by atoms with Gasteiger partial charge in [0.1, 0.15) is 5.76 Å². The lowest BCUT2D eigenvalue weighted by Crippen LogP contribution is -2.23. The molecule has 4 heteroatoms. The predicted octanol–water partition coefficient (Wildman–Crippen LogP) is 2.05. The van der Waals surface area contributed by atoms with E-state index in [0.29, 0.717) is 12.0 Å². The summed E-state index contributed by atoms with van der Waals surface area (Å²) >= 11 is 1.99. The Hall–Kier alpha value is -0.480. The number of nitrogens with one attached hydrogen (secondary N) is 1. The molecule has 84 valence electrons. The van der Waals surface area contributed by atoms with Crippen LogP contribution in [0.25, 0.3) is 0 Å². The first kappa shape index (κ1) is 11.0. The molecule has 0 bridgehead atoms. The number of nitrogens with zero attached hydrogens (tertiary/aromatic N) is 1. The van der Waals surface area contributed by atoms with Gasteiger partial charge in [-0.25, -0.2) is 4.98 Å². The number of oxazole rings is 1. The van der Waals surface area contributed by atoms with Gasteiger partial charge in [-0.15, -0.1) is 0 Å². The van der Waals surface area contributed by atoms with Crippen molar-refractivity contribution in [3.63, 3.8) is 0 Å². The summed E-state index contributed by atoms with van der Waals surface area (Å²) in [7, 11) is 1.97. The molecule has 1 aliphatic heterocycles. The van der Waals surface area contributed by atoms with E-state index in [4.69, 9.17) is 4.42 Å². The lowest BCUT2D eigenvalue weighted by molar-refractivity contribution is 0.413. The minimum Gasteiger partial charge on any atom is -0.445 e. The smallest absolute Gasteiger partial charge is 0.198 e. The van der Waals surface area contributed by atoms with Crippen molar-refractivity contribution in [2.24, 2.45) is 0 Å². The van der Waals surface area contributed by atoms with Gasteiger partial charge in [-0.3, -0.25) is 0 Å². The summed E-state index contributed by atoms with van der Waals surface area (Å²) in [6, 6.07) is 0.448. The first-order valence-electron chi connectivity index (χ1n) is 5.49. The third-order valence-electron chi connectivity index (χ3n) is 2.85. The van der Waals surface area contributed by atoms with E-state index in [1.807, 2.05) is 25.0 Å². The van der Waals surface area contributed by atoms with E-state index in [2.05, 4.69) is 17.2 Å². The monoisotopic (exact) mass is 226 g/mol. The SMILES string of the molecule is CNC(C)Cc1cnc(C2CCSC2)o1. The minimum absolute atomic E-state index is 0.448. The highest BCUT2D eigenvalue weighted by Crippen LogP contribution is 2.31. The van der Waals surface area contributed by atoms with E-state index in [0.717, 1.165) is 18.1 Å². The molecule has 0 spiro atoms. The lowest BCUT2D eigenvalue weighted by Gasteiger charge is -2.06. The van der Waals surface area contributed by atoms with Gasteiger partial charge in [0.2, 0.25) is 0 Å². The van der Waals surface area contributed by atoms with Gasteiger partial charge in [-0.2, -0.15) is 11.8 Å². The van der Waals surface area contributed by atoms with Crippen LogP contribution < -0.4 is 5.32 Å². The van der Waals surface area contributed by atoms with Crippen molar-refractivity contribution in [2.45, 2.75) is 31.7 Å². The molecule has 1 saturated heterocycles. The molecule has 2 heterocycles. The van der Waals surface area contributed by atoms with E-state index < -0.39 is 0 Å². The van der Waals surface area contributed by atoms with Crippen molar-refractivity contribution in [2.75, 3.05) is 18.6 Å². The van der Waals surface area contributed by atoms with Crippen LogP contribution in [0.1, 0.15) is 30.9 Å². The third-order valence-corrected chi connectivity index (χ3v) is 4.01. The molecule has 15 heavy (non-hydrogen) atoms. The van der Waals surface area contributed by atoms with Crippen molar-refractivity contribution in [1.82, 2.24) is 10.3 Å². The highest BCUT2D eigenvalue weighted by atomic mass is 32.2. The van der Waals surface area contributed by atoms with Crippen LogP contribution in [-0.2, 0) is 6.42 Å². The van der Waals surface area contributed by atoms with E-state index >= 15 is 0 Å². The Balaban J connectivity index is 1.97. The largest absolute Gasteiger partial charge is 0.445 e. The number of hydrogen-bond donors (Lipinski definition) is 1. The molecule has 0 aromatic carbocycles. The highest BCUT2D eigenvalue weighted by molar-refractivity contribution is 7.99. The molecule has 1 N–H and O–H groups in total. The van der Waals surface area contributed by atoms with Crippen LogP contribution in [0.5, 0.6) is 0 Å². The normalized spacial score (nSPS) is 23.2. The van der Waals surface area contributed by atoms with Gasteiger partial charge >= 0.3 is 0 Å². The lowest BCUT2D eigenvalue weighted by atomic mass is 10.1. The molecule has 2 atom stereocenters. The molecule has 0 aliphatic carbocycles. The van der Waals surface area contributed by atoms with Gasteiger partial charge in [0.05, 0.1) is 6.20 Å². The minimum atomic E-state index is 0.448. The number of rotatable bonds is 4. The van der Waals surface area contributed by atoms with Gasteiger partial charge < -0.3 is 9.73 Å². The average Bonchev–Trinajstić information content (AvgIpc) is 2.85. The zero-order chi connectivity index (χ0) is 10.7. The van der Waals surface area contributed by atoms with Crippen LogP contribution in [0.15, 0.2) is 10.6 Å². The summed E-state index contributed by atoms with van der Waals surface area (Å²) in [6.45, 7) is 2.15. The van der Waals surface area contributed by atoms with E-state index in [1.54, 1.807) is 0 Å². The fourth-order valence-corrected chi connectivity index (χ4v) is 2.95. The molecule has 2 unspecified atom stereocenters. The van der Waals surface area contributed by atoms with Gasteiger partial charge in [0, 0.05) is 24.1 Å². The second-order valence-electron chi connectivity index (χ2n) is 4.12. The molecule has 0 radical (unpaired) electrons. The van der Waals surface area contributed by atoms with E-state index in [-0.39, 0.29) is 0 Å². The average molecular weight is 226 g/mol. The Kier molecular flexibility index (Phi) is 3.70. The molecule has 3 nitrogen and oxygen atoms in total. The molecule has 1 aromatic rings. The highest BCUT2D eigenvalue weighted by Gasteiger charge is 2.22. The Bertz CT molecular complexity index is 307. The quantitative estimate of drug-likeness (QED) is 0.852. The van der Waals surface area contributed by atoms with Crippen molar-refractivity contribution < 1.29 is 4.42 Å². The maximum absolute atomic E-state index is 5.78. The standard InChI is InChI=1S/C11H18N2OS/c1-8(12-2)5-10-6-13-11(14-10)9-3-4-15-7-9/h6,8-9,12H,3-5,7H2,1-2H3. The summed E-state index contributed by atoms with van der Waals surface area (Å²) in [4.78, 5) is 4.38. The first-order chi connectivity index (χ1) is 7.29. The second-order valence-corrected chi connectivity index (χ2v) is 5.27. The Labute approximate surface area is 95.0 Å². The second kappa shape index (κ2) is 5.03. The number of hydrogen-bond acceptors (Lipinski definition) is 4. The summed E-state index contributed by atoms with van der Waals surface area (Å²) in [6.07, 6.45) is 4.02. The number of likely N-dealkylation sites (N-methyl/N-ethyl adjacent to an activating group) is 1. The first-order valence-corrected chi connectivity index (χ1v) is 6.64. The molecule has 1 aromatic heterocycles. The molecule has 1 fully saturated rings. The molecule has 0 amide bonds. The topological polar surface area (TPSA) is 38.1 Å². The van der Waals surface area contributed by atoms with Gasteiger partial charge in [-0.1, -0.05) is 0 Å².